The summed E-state index contributed by atoms with van der Waals surface area (Å²) < 4.78 is 0. The van der Waals surface area contributed by atoms with E-state index in [9.17, 15) is 10.2 Å². The number of aromatic nitrogens is 1. The lowest BCUT2D eigenvalue weighted by Gasteiger charge is -2.16. The molecule has 0 saturated heterocycles. The molecule has 2 rings (SSSR count). The third-order valence-corrected chi connectivity index (χ3v) is 2.78. The van der Waals surface area contributed by atoms with E-state index >= 15 is 0 Å². The molecule has 0 fully saturated rings. The van der Waals surface area contributed by atoms with Crippen molar-refractivity contribution in [2.75, 3.05) is 5.32 Å². The van der Waals surface area contributed by atoms with Crippen molar-refractivity contribution in [3.63, 3.8) is 0 Å². The van der Waals surface area contributed by atoms with E-state index in [-0.39, 0.29) is 17.5 Å². The molecule has 1 aromatic heterocycles. The van der Waals surface area contributed by atoms with Gasteiger partial charge in [0.05, 0.1) is 17.9 Å². The average Bonchev–Trinajstić information content (AvgIpc) is 2.32. The van der Waals surface area contributed by atoms with Gasteiger partial charge in [0.2, 0.25) is 0 Å². The highest BCUT2D eigenvalue weighted by Gasteiger charge is 2.10. The zero-order valence-corrected chi connectivity index (χ0v) is 10.4. The summed E-state index contributed by atoms with van der Waals surface area (Å²) in [6.07, 6.45) is 1.75. The first-order chi connectivity index (χ1) is 8.56. The van der Waals surface area contributed by atoms with Crippen molar-refractivity contribution in [2.45, 2.75) is 19.9 Å². The Hall–Kier alpha value is -2.23. The molecular weight excluding hydrogens is 228 g/mol. The van der Waals surface area contributed by atoms with E-state index in [1.165, 1.54) is 6.07 Å². The van der Waals surface area contributed by atoms with E-state index in [0.717, 1.165) is 16.9 Å². The van der Waals surface area contributed by atoms with E-state index in [1.54, 1.807) is 18.3 Å². The highest BCUT2D eigenvalue weighted by Crippen LogP contribution is 2.29. The molecule has 0 spiro atoms. The number of nitrogens with zero attached hydrogens (tertiary/aromatic N) is 1. The largest absolute Gasteiger partial charge is 0.508 e. The summed E-state index contributed by atoms with van der Waals surface area (Å²) in [6, 6.07) is 8.38. The van der Waals surface area contributed by atoms with Crippen LogP contribution in [-0.4, -0.2) is 15.2 Å². The number of anilines is 1. The number of phenols is 2. The number of phenolic OH excluding ortho intramolecular Hbond substituents is 2. The lowest BCUT2D eigenvalue weighted by molar-refractivity contribution is 0.444. The molecule has 1 atom stereocenters. The van der Waals surface area contributed by atoms with E-state index < -0.39 is 0 Å². The molecular formula is C14H16N2O2. The highest BCUT2D eigenvalue weighted by molar-refractivity contribution is 5.47. The van der Waals surface area contributed by atoms with E-state index in [4.69, 9.17) is 0 Å². The van der Waals surface area contributed by atoms with Gasteiger partial charge in [-0.15, -0.1) is 0 Å². The lowest BCUT2D eigenvalue weighted by Crippen LogP contribution is -2.07. The Labute approximate surface area is 106 Å². The topological polar surface area (TPSA) is 65.4 Å². The van der Waals surface area contributed by atoms with Gasteiger partial charge in [0.25, 0.3) is 0 Å². The lowest BCUT2D eigenvalue weighted by atomic mass is 10.1. The second kappa shape index (κ2) is 4.96. The molecule has 94 valence electrons. The van der Waals surface area contributed by atoms with Gasteiger partial charge in [-0.05, 0) is 38.1 Å². The van der Waals surface area contributed by atoms with Crippen LogP contribution < -0.4 is 5.32 Å². The zero-order chi connectivity index (χ0) is 13.1. The van der Waals surface area contributed by atoms with Crippen LogP contribution in [0.25, 0.3) is 0 Å². The first-order valence-electron chi connectivity index (χ1n) is 5.77. The van der Waals surface area contributed by atoms with Gasteiger partial charge in [0.1, 0.15) is 11.5 Å². The van der Waals surface area contributed by atoms with Crippen LogP contribution in [0, 0.1) is 6.92 Å². The fourth-order valence-electron chi connectivity index (χ4n) is 1.78. The number of rotatable bonds is 3. The molecule has 0 aliphatic rings. The number of pyridine rings is 1. The summed E-state index contributed by atoms with van der Waals surface area (Å²) in [4.78, 5) is 4.20. The molecule has 18 heavy (non-hydrogen) atoms. The van der Waals surface area contributed by atoms with E-state index in [0.29, 0.717) is 0 Å². The summed E-state index contributed by atoms with van der Waals surface area (Å²) in [5.41, 5.74) is 2.58. The molecule has 0 saturated carbocycles. The smallest absolute Gasteiger partial charge is 0.124 e. The fraction of sp³-hybridized carbons (Fsp3) is 0.214. The maximum atomic E-state index is 9.77. The minimum absolute atomic E-state index is 0.0560. The standard InChI is InChI=1S/C14H16N2O2/c1-9-3-4-11(8-15-9)16-10(2)13-6-5-12(17)7-14(13)18/h3-8,10,16-18H,1-2H3. The third-order valence-electron chi connectivity index (χ3n) is 2.78. The fourth-order valence-corrected chi connectivity index (χ4v) is 1.78. The van der Waals surface area contributed by atoms with Gasteiger partial charge in [0, 0.05) is 17.3 Å². The van der Waals surface area contributed by atoms with Crippen LogP contribution in [0.1, 0.15) is 24.2 Å². The van der Waals surface area contributed by atoms with Crippen LogP contribution in [0.3, 0.4) is 0 Å². The quantitative estimate of drug-likeness (QED) is 0.776. The minimum Gasteiger partial charge on any atom is -0.508 e. The Morgan fingerprint density at radius 2 is 1.94 bits per heavy atom. The van der Waals surface area contributed by atoms with Crippen molar-refractivity contribution in [3.05, 3.63) is 47.8 Å². The molecule has 1 unspecified atom stereocenters. The van der Waals surface area contributed by atoms with Gasteiger partial charge in [-0.2, -0.15) is 0 Å². The van der Waals surface area contributed by atoms with Crippen molar-refractivity contribution in [1.82, 2.24) is 4.98 Å². The molecule has 0 radical (unpaired) electrons. The second-order valence-corrected chi connectivity index (χ2v) is 4.30. The Balaban J connectivity index is 2.16. The molecule has 1 aromatic carbocycles. The Morgan fingerprint density at radius 3 is 2.56 bits per heavy atom. The predicted octanol–water partition coefficient (Wildman–Crippen LogP) is 2.97. The normalized spacial score (nSPS) is 12.1. The molecule has 4 nitrogen and oxygen atoms in total. The molecule has 2 aromatic rings. The van der Waals surface area contributed by atoms with Crippen molar-refractivity contribution in [3.8, 4) is 11.5 Å². The number of hydrogen-bond donors (Lipinski definition) is 3. The summed E-state index contributed by atoms with van der Waals surface area (Å²) in [5, 5.41) is 22.3. The monoisotopic (exact) mass is 244 g/mol. The predicted molar refractivity (Wildman–Crippen MR) is 70.8 cm³/mol. The van der Waals surface area contributed by atoms with Gasteiger partial charge in [-0.25, -0.2) is 0 Å². The summed E-state index contributed by atoms with van der Waals surface area (Å²) in [6.45, 7) is 3.87. The zero-order valence-electron chi connectivity index (χ0n) is 10.4. The Kier molecular flexibility index (Phi) is 3.37. The number of aryl methyl sites for hydroxylation is 1. The van der Waals surface area contributed by atoms with Gasteiger partial charge in [0.15, 0.2) is 0 Å². The maximum absolute atomic E-state index is 9.77. The molecule has 0 amide bonds. The van der Waals surface area contributed by atoms with Crippen molar-refractivity contribution >= 4 is 5.69 Å². The molecule has 3 N–H and O–H groups in total. The van der Waals surface area contributed by atoms with Crippen molar-refractivity contribution in [1.29, 1.82) is 0 Å². The second-order valence-electron chi connectivity index (χ2n) is 4.30. The molecule has 0 aliphatic carbocycles. The Bertz CT molecular complexity index is 538. The van der Waals surface area contributed by atoms with Crippen LogP contribution >= 0.6 is 0 Å². The summed E-state index contributed by atoms with van der Waals surface area (Å²) in [7, 11) is 0. The third kappa shape index (κ3) is 2.71. The van der Waals surface area contributed by atoms with E-state index in [2.05, 4.69) is 10.3 Å². The van der Waals surface area contributed by atoms with Crippen LogP contribution in [0.2, 0.25) is 0 Å². The van der Waals surface area contributed by atoms with Gasteiger partial charge < -0.3 is 15.5 Å². The van der Waals surface area contributed by atoms with Gasteiger partial charge >= 0.3 is 0 Å². The number of benzene rings is 1. The first kappa shape index (κ1) is 12.2. The molecule has 4 heteroatoms. The van der Waals surface area contributed by atoms with Crippen molar-refractivity contribution < 1.29 is 10.2 Å². The SMILES string of the molecule is Cc1ccc(NC(C)c2ccc(O)cc2O)cn1. The number of aromatic hydroxyl groups is 2. The molecule has 1 heterocycles. The maximum Gasteiger partial charge on any atom is 0.124 e. The van der Waals surface area contributed by atoms with E-state index in [1.807, 2.05) is 26.0 Å². The minimum atomic E-state index is -0.0740. The Morgan fingerprint density at radius 1 is 1.17 bits per heavy atom. The average molecular weight is 244 g/mol. The van der Waals surface area contributed by atoms with Crippen LogP contribution in [0.15, 0.2) is 36.5 Å². The van der Waals surface area contributed by atoms with Gasteiger partial charge in [-0.1, -0.05) is 0 Å². The van der Waals surface area contributed by atoms with Crippen LogP contribution in [0.4, 0.5) is 5.69 Å². The highest BCUT2D eigenvalue weighted by atomic mass is 16.3. The van der Waals surface area contributed by atoms with Gasteiger partial charge in [-0.3, -0.25) is 4.98 Å². The summed E-state index contributed by atoms with van der Waals surface area (Å²) >= 11 is 0. The number of hydrogen-bond acceptors (Lipinski definition) is 4. The molecule has 0 aliphatic heterocycles. The summed E-state index contributed by atoms with van der Waals surface area (Å²) in [5.74, 6) is 0.135. The van der Waals surface area contributed by atoms with Crippen LogP contribution in [0.5, 0.6) is 11.5 Å². The molecule has 0 bridgehead atoms. The first-order valence-corrected chi connectivity index (χ1v) is 5.77. The van der Waals surface area contributed by atoms with Crippen molar-refractivity contribution in [2.24, 2.45) is 0 Å². The van der Waals surface area contributed by atoms with Crippen LogP contribution in [-0.2, 0) is 0 Å². The number of nitrogens with one attached hydrogen (secondary N) is 1.